The van der Waals surface area contributed by atoms with Crippen LogP contribution in [0.4, 0.5) is 0 Å². The molecule has 12 atom stereocenters. The molecular weight excluding hydrogens is 777 g/mol. The van der Waals surface area contributed by atoms with Crippen molar-refractivity contribution < 1.29 is 0 Å². The van der Waals surface area contributed by atoms with E-state index in [1.807, 2.05) is 0 Å². The molecule has 0 bridgehead atoms. The third-order valence-corrected chi connectivity index (χ3v) is 21.5. The second kappa shape index (κ2) is 23.2. The zero-order chi connectivity index (χ0) is 44.2. The highest BCUT2D eigenvalue weighted by molar-refractivity contribution is 5.01. The van der Waals surface area contributed by atoms with Crippen LogP contribution in [-0.2, 0) is 0 Å². The summed E-state index contributed by atoms with van der Waals surface area (Å²) >= 11 is 0. The number of rotatable bonds is 12. The molecule has 9 saturated carbocycles. The Kier molecular flexibility index (Phi) is 17.7. The Hall–Kier alpha value is -0.160. The average Bonchev–Trinajstić information content (AvgIpc) is 3.29. The predicted molar refractivity (Wildman–Crippen MR) is 274 cm³/mol. The maximum Gasteiger partial charge on any atom is 0.0104 e. The molecule has 0 spiro atoms. The van der Waals surface area contributed by atoms with Crippen molar-refractivity contribution in [1.29, 1.82) is 0 Å². The molecule has 4 heteroatoms. The van der Waals surface area contributed by atoms with Crippen LogP contribution in [-0.4, -0.2) is 92.1 Å². The van der Waals surface area contributed by atoms with E-state index in [9.17, 15) is 0 Å². The molecule has 9 aliphatic rings. The summed E-state index contributed by atoms with van der Waals surface area (Å²) in [6, 6.07) is 10.3. The van der Waals surface area contributed by atoms with Gasteiger partial charge in [0, 0.05) is 72.5 Å². The molecule has 0 saturated heterocycles. The smallest absolute Gasteiger partial charge is 0.0104 e. The maximum atomic E-state index is 3.39. The fourth-order valence-electron chi connectivity index (χ4n) is 18.6. The van der Waals surface area contributed by atoms with E-state index in [4.69, 9.17) is 0 Å². The quantitative estimate of drug-likeness (QED) is 0.194. The second-order valence-electron chi connectivity index (χ2n) is 26.7. The van der Waals surface area contributed by atoms with Crippen LogP contribution in [0.2, 0.25) is 0 Å². The van der Waals surface area contributed by atoms with E-state index in [2.05, 4.69) is 61.1 Å². The van der Waals surface area contributed by atoms with Crippen LogP contribution < -0.4 is 0 Å². The SMILES string of the molecule is CC1CCCC(N(C2CCC(N(C3CCC(N(C4CCCC(C)C4)C4CCCC(C)C4)CC3)C3CCC(N(C4CCCC(C)C4)C4CCCC(C)C4)CC3)CC2)C2CCCC(C)C2)C1. The van der Waals surface area contributed by atoms with Crippen LogP contribution >= 0.6 is 0 Å². The van der Waals surface area contributed by atoms with Gasteiger partial charge in [0.05, 0.1) is 0 Å². The summed E-state index contributed by atoms with van der Waals surface area (Å²) in [7, 11) is 0. The Balaban J connectivity index is 0.922. The minimum absolute atomic E-state index is 0.834. The van der Waals surface area contributed by atoms with Crippen LogP contribution in [0.15, 0.2) is 0 Å². The van der Waals surface area contributed by atoms with Crippen molar-refractivity contribution in [3.05, 3.63) is 0 Å². The van der Waals surface area contributed by atoms with Gasteiger partial charge < -0.3 is 0 Å². The molecule has 9 aliphatic carbocycles. The van der Waals surface area contributed by atoms with E-state index < -0.39 is 0 Å². The molecule has 0 aromatic heterocycles. The van der Waals surface area contributed by atoms with Crippen LogP contribution in [0.3, 0.4) is 0 Å². The van der Waals surface area contributed by atoms with Crippen molar-refractivity contribution in [3.63, 3.8) is 0 Å². The summed E-state index contributed by atoms with van der Waals surface area (Å²) < 4.78 is 0. The van der Waals surface area contributed by atoms with Crippen LogP contribution in [0, 0.1) is 35.5 Å². The molecule has 0 N–H and O–H groups in total. The fourth-order valence-corrected chi connectivity index (χ4v) is 18.6. The van der Waals surface area contributed by atoms with Gasteiger partial charge in [0.25, 0.3) is 0 Å². The van der Waals surface area contributed by atoms with Crippen molar-refractivity contribution in [3.8, 4) is 0 Å². The largest absolute Gasteiger partial charge is 0.294 e. The van der Waals surface area contributed by atoms with Gasteiger partial charge >= 0.3 is 0 Å². The lowest BCUT2D eigenvalue weighted by atomic mass is 9.76. The maximum absolute atomic E-state index is 3.39. The molecule has 0 heterocycles. The lowest BCUT2D eigenvalue weighted by Gasteiger charge is -2.55. The minimum Gasteiger partial charge on any atom is -0.294 e. The topological polar surface area (TPSA) is 13.0 Å². The van der Waals surface area contributed by atoms with Crippen LogP contribution in [0.5, 0.6) is 0 Å². The van der Waals surface area contributed by atoms with Gasteiger partial charge in [-0.05, 0) is 190 Å². The Morgan fingerprint density at radius 3 is 0.453 bits per heavy atom. The fraction of sp³-hybridized carbons (Fsp3) is 1.00. The number of hydrogen-bond donors (Lipinski definition) is 0. The van der Waals surface area contributed by atoms with Gasteiger partial charge in [0.15, 0.2) is 0 Å². The van der Waals surface area contributed by atoms with Gasteiger partial charge in [-0.1, -0.05) is 119 Å². The molecule has 9 fully saturated rings. The van der Waals surface area contributed by atoms with Gasteiger partial charge in [0.1, 0.15) is 0 Å². The van der Waals surface area contributed by atoms with Crippen molar-refractivity contribution in [2.45, 2.75) is 345 Å². The molecule has 0 aromatic rings. The zero-order valence-electron chi connectivity index (χ0n) is 43.6. The molecule has 0 aromatic carbocycles. The summed E-state index contributed by atoms with van der Waals surface area (Å²) in [6.45, 7) is 15.5. The highest BCUT2D eigenvalue weighted by atomic mass is 15.3. The molecule has 4 nitrogen and oxygen atoms in total. The molecular formula is C60H108N4. The van der Waals surface area contributed by atoms with Gasteiger partial charge in [-0.25, -0.2) is 0 Å². The summed E-state index contributed by atoms with van der Waals surface area (Å²) in [5.74, 6) is 5.57. The molecule has 64 heavy (non-hydrogen) atoms. The van der Waals surface area contributed by atoms with Gasteiger partial charge in [-0.15, -0.1) is 0 Å². The van der Waals surface area contributed by atoms with Crippen LogP contribution in [0.1, 0.15) is 273 Å². The molecule has 0 aliphatic heterocycles. The predicted octanol–water partition coefficient (Wildman–Crippen LogP) is 15.6. The van der Waals surface area contributed by atoms with Gasteiger partial charge in [-0.3, -0.25) is 19.6 Å². The lowest BCUT2D eigenvalue weighted by Crippen LogP contribution is -2.59. The molecule has 0 radical (unpaired) electrons. The average molecular weight is 886 g/mol. The van der Waals surface area contributed by atoms with E-state index in [0.29, 0.717) is 0 Å². The first-order valence-corrected chi connectivity index (χ1v) is 30.3. The standard InChI is InChI=1S/C60H108N4/c1-43-13-7-19-55(37-43)62(56-20-8-14-44(2)38-56)52-31-25-49(26-32-52)61(50-27-33-53(34-28-50)63(57-21-9-15-45(3)39-57)58-22-10-16-46(4)40-58)51-29-35-54(36-30-51)64(59-23-11-17-47(5)41-59)60-24-12-18-48(6)42-60/h43-60H,7-42H2,1-6H3. The summed E-state index contributed by atoms with van der Waals surface area (Å²) in [5.41, 5.74) is 0. The van der Waals surface area contributed by atoms with E-state index in [0.717, 1.165) is 108 Å². The van der Waals surface area contributed by atoms with Crippen molar-refractivity contribution in [1.82, 2.24) is 19.6 Å². The third-order valence-electron chi connectivity index (χ3n) is 21.5. The van der Waals surface area contributed by atoms with Crippen LogP contribution in [0.25, 0.3) is 0 Å². The van der Waals surface area contributed by atoms with E-state index in [1.54, 1.807) is 0 Å². The first kappa shape index (κ1) is 48.8. The van der Waals surface area contributed by atoms with E-state index in [-0.39, 0.29) is 0 Å². The lowest BCUT2D eigenvalue weighted by molar-refractivity contribution is -0.0492. The van der Waals surface area contributed by atoms with Gasteiger partial charge in [-0.2, -0.15) is 0 Å². The summed E-state index contributed by atoms with van der Waals surface area (Å²) in [4.78, 5) is 13.2. The normalized spacial score (nSPS) is 45.8. The highest BCUT2D eigenvalue weighted by Gasteiger charge is 2.46. The summed E-state index contributed by atoms with van der Waals surface area (Å²) in [6.07, 6.45) is 53.4. The Morgan fingerprint density at radius 2 is 0.312 bits per heavy atom. The first-order chi connectivity index (χ1) is 31.2. The molecule has 12 unspecified atom stereocenters. The Labute approximate surface area is 398 Å². The van der Waals surface area contributed by atoms with Crippen molar-refractivity contribution in [2.24, 2.45) is 35.5 Å². The third kappa shape index (κ3) is 12.0. The Bertz CT molecular complexity index is 1130. The highest BCUT2D eigenvalue weighted by Crippen LogP contribution is 2.46. The zero-order valence-corrected chi connectivity index (χ0v) is 43.6. The number of nitrogens with zero attached hydrogens (tertiary/aromatic N) is 4. The monoisotopic (exact) mass is 885 g/mol. The molecule has 368 valence electrons. The van der Waals surface area contributed by atoms with Gasteiger partial charge in [0.2, 0.25) is 0 Å². The minimum atomic E-state index is 0.834. The van der Waals surface area contributed by atoms with E-state index >= 15 is 0 Å². The summed E-state index contributed by atoms with van der Waals surface area (Å²) in [5, 5.41) is 0. The number of hydrogen-bond acceptors (Lipinski definition) is 4. The van der Waals surface area contributed by atoms with E-state index in [1.165, 1.54) is 231 Å². The molecule has 0 amide bonds. The first-order valence-electron chi connectivity index (χ1n) is 30.3. The second-order valence-corrected chi connectivity index (χ2v) is 26.7. The van der Waals surface area contributed by atoms with Crippen molar-refractivity contribution in [2.75, 3.05) is 0 Å². The molecule has 9 rings (SSSR count). The van der Waals surface area contributed by atoms with Crippen molar-refractivity contribution >= 4 is 0 Å². The Morgan fingerprint density at radius 1 is 0.172 bits per heavy atom.